The van der Waals surface area contributed by atoms with Gasteiger partial charge in [-0.15, -0.1) is 0 Å². The zero-order valence-electron chi connectivity index (χ0n) is 7.80. The summed E-state index contributed by atoms with van der Waals surface area (Å²) in [6, 6.07) is 4.40. The van der Waals surface area contributed by atoms with Gasteiger partial charge in [0.15, 0.2) is 0 Å². The molecule has 0 saturated heterocycles. The summed E-state index contributed by atoms with van der Waals surface area (Å²) in [6.07, 6.45) is 1.59. The second-order valence-electron chi connectivity index (χ2n) is 3.03. The molecule has 1 aromatic carbocycles. The summed E-state index contributed by atoms with van der Waals surface area (Å²) in [5.41, 5.74) is 0.638. The predicted octanol–water partition coefficient (Wildman–Crippen LogP) is 4.47. The van der Waals surface area contributed by atoms with Gasteiger partial charge in [-0.2, -0.15) is 0 Å². The van der Waals surface area contributed by atoms with Crippen molar-refractivity contribution < 1.29 is 4.39 Å². The smallest absolute Gasteiger partial charge is 0.139 e. The van der Waals surface area contributed by atoms with Crippen molar-refractivity contribution >= 4 is 44.1 Å². The van der Waals surface area contributed by atoms with Crippen LogP contribution in [0.25, 0.3) is 11.4 Å². The Morgan fingerprint density at radius 1 is 1.25 bits per heavy atom. The molecular weight excluding hydrogens is 359 g/mol. The van der Waals surface area contributed by atoms with E-state index in [0.29, 0.717) is 20.5 Å². The fourth-order valence-electron chi connectivity index (χ4n) is 1.20. The Bertz CT molecular complexity index is 598. The molecule has 1 aromatic heterocycles. The van der Waals surface area contributed by atoms with Crippen molar-refractivity contribution in [3.05, 3.63) is 43.8 Å². The fraction of sp³-hybridized carbons (Fsp3) is 0. The molecule has 2 aromatic rings. The average Bonchev–Trinajstić information content (AvgIpc) is 2.26. The van der Waals surface area contributed by atoms with E-state index in [0.717, 1.165) is 4.47 Å². The highest BCUT2D eigenvalue weighted by Gasteiger charge is 2.07. The highest BCUT2D eigenvalue weighted by molar-refractivity contribution is 9.10. The van der Waals surface area contributed by atoms with Gasteiger partial charge >= 0.3 is 0 Å². The minimum Gasteiger partial charge on any atom is -0.330 e. The van der Waals surface area contributed by atoms with Crippen LogP contribution in [0.5, 0.6) is 0 Å². The molecule has 1 heterocycles. The first-order valence-electron chi connectivity index (χ1n) is 4.28. The number of nitrogens with zero attached hydrogens (tertiary/aromatic N) is 1. The van der Waals surface area contributed by atoms with Crippen molar-refractivity contribution in [2.75, 3.05) is 0 Å². The minimum absolute atomic E-state index is 0.317. The number of aromatic nitrogens is 2. The van der Waals surface area contributed by atoms with Crippen molar-refractivity contribution in [2.24, 2.45) is 0 Å². The quantitative estimate of drug-likeness (QED) is 0.757. The van der Waals surface area contributed by atoms with E-state index >= 15 is 0 Å². The fourth-order valence-corrected chi connectivity index (χ4v) is 1.98. The van der Waals surface area contributed by atoms with Gasteiger partial charge in [0.05, 0.1) is 4.47 Å². The molecule has 2 nitrogen and oxygen atoms in total. The van der Waals surface area contributed by atoms with Crippen LogP contribution in [0.2, 0.25) is 0 Å². The maximum absolute atomic E-state index is 13.1. The largest absolute Gasteiger partial charge is 0.330 e. The van der Waals surface area contributed by atoms with Crippen LogP contribution in [0, 0.1) is 10.5 Å². The molecular formula is C10H5Br2FN2S. The van der Waals surface area contributed by atoms with Crippen LogP contribution < -0.4 is 0 Å². The number of aromatic amines is 1. The van der Waals surface area contributed by atoms with Gasteiger partial charge in [0.1, 0.15) is 16.3 Å². The molecule has 16 heavy (non-hydrogen) atoms. The van der Waals surface area contributed by atoms with Gasteiger partial charge in [0.25, 0.3) is 0 Å². The number of rotatable bonds is 1. The van der Waals surface area contributed by atoms with Crippen molar-refractivity contribution in [1.29, 1.82) is 0 Å². The molecule has 0 amide bonds. The van der Waals surface area contributed by atoms with Gasteiger partial charge in [-0.1, -0.05) is 28.1 Å². The molecule has 0 bridgehead atoms. The number of benzene rings is 1. The standard InChI is InChI=1S/C10H5Br2FN2S/c11-7-2-1-5(13)3-6(7)9-14-4-8(12)10(16)15-9/h1-4H,(H,14,15,16). The van der Waals surface area contributed by atoms with E-state index in [9.17, 15) is 4.39 Å². The zero-order chi connectivity index (χ0) is 11.7. The Hall–Kier alpha value is -0.590. The lowest BCUT2D eigenvalue weighted by atomic mass is 10.2. The van der Waals surface area contributed by atoms with E-state index in [2.05, 4.69) is 41.8 Å². The van der Waals surface area contributed by atoms with Gasteiger partial charge in [-0.25, -0.2) is 9.37 Å². The maximum atomic E-state index is 13.1. The van der Waals surface area contributed by atoms with Crippen LogP contribution in [0.1, 0.15) is 0 Å². The highest BCUT2D eigenvalue weighted by Crippen LogP contribution is 2.26. The molecule has 0 aliphatic rings. The molecule has 0 aliphatic heterocycles. The lowest BCUT2D eigenvalue weighted by Gasteiger charge is -2.04. The molecule has 0 unspecified atom stereocenters. The normalized spacial score (nSPS) is 10.4. The summed E-state index contributed by atoms with van der Waals surface area (Å²) in [7, 11) is 0. The van der Waals surface area contributed by atoms with Crippen LogP contribution in [0.4, 0.5) is 4.39 Å². The zero-order valence-corrected chi connectivity index (χ0v) is 11.8. The van der Waals surface area contributed by atoms with E-state index in [1.807, 2.05) is 0 Å². The predicted molar refractivity (Wildman–Crippen MR) is 70.2 cm³/mol. The molecule has 6 heteroatoms. The summed E-state index contributed by atoms with van der Waals surface area (Å²) in [6.45, 7) is 0. The Balaban J connectivity index is 2.63. The van der Waals surface area contributed by atoms with Gasteiger partial charge in [-0.3, -0.25) is 0 Å². The van der Waals surface area contributed by atoms with Gasteiger partial charge in [0, 0.05) is 16.2 Å². The van der Waals surface area contributed by atoms with Crippen molar-refractivity contribution in [2.45, 2.75) is 0 Å². The van der Waals surface area contributed by atoms with E-state index in [-0.39, 0.29) is 5.82 Å². The molecule has 0 fully saturated rings. The van der Waals surface area contributed by atoms with Crippen LogP contribution in [0.15, 0.2) is 33.3 Å². The number of hydrogen-bond donors (Lipinski definition) is 1. The lowest BCUT2D eigenvalue weighted by Crippen LogP contribution is -1.91. The molecule has 0 aliphatic carbocycles. The SMILES string of the molecule is Fc1ccc(Br)c(-c2ncc(Br)c(=S)[nH]2)c1. The highest BCUT2D eigenvalue weighted by atomic mass is 79.9. The second kappa shape index (κ2) is 4.73. The molecule has 1 N–H and O–H groups in total. The van der Waals surface area contributed by atoms with Gasteiger partial charge < -0.3 is 4.98 Å². The topological polar surface area (TPSA) is 28.7 Å². The third-order valence-electron chi connectivity index (χ3n) is 1.94. The van der Waals surface area contributed by atoms with Gasteiger partial charge in [0.2, 0.25) is 0 Å². The Labute approximate surface area is 113 Å². The molecule has 0 atom stereocenters. The summed E-state index contributed by atoms with van der Waals surface area (Å²) in [4.78, 5) is 7.07. The van der Waals surface area contributed by atoms with Crippen LogP contribution in [-0.4, -0.2) is 9.97 Å². The summed E-state index contributed by atoms with van der Waals surface area (Å²) < 4.78 is 15.1. The van der Waals surface area contributed by atoms with Crippen LogP contribution in [0.3, 0.4) is 0 Å². The first-order chi connectivity index (χ1) is 7.58. The summed E-state index contributed by atoms with van der Waals surface area (Å²) in [5.74, 6) is 0.210. The third kappa shape index (κ3) is 2.39. The molecule has 0 saturated carbocycles. The molecule has 0 radical (unpaired) electrons. The first-order valence-corrected chi connectivity index (χ1v) is 6.27. The Morgan fingerprint density at radius 2 is 2.00 bits per heavy atom. The summed E-state index contributed by atoms with van der Waals surface area (Å²) in [5, 5.41) is 0. The lowest BCUT2D eigenvalue weighted by molar-refractivity contribution is 0.628. The van der Waals surface area contributed by atoms with Crippen molar-refractivity contribution in [3.63, 3.8) is 0 Å². The van der Waals surface area contributed by atoms with Crippen LogP contribution >= 0.6 is 44.1 Å². The second-order valence-corrected chi connectivity index (χ2v) is 5.15. The number of hydrogen-bond acceptors (Lipinski definition) is 2. The molecule has 0 spiro atoms. The van der Waals surface area contributed by atoms with E-state index < -0.39 is 0 Å². The number of nitrogens with one attached hydrogen (secondary N) is 1. The van der Waals surface area contributed by atoms with Crippen molar-refractivity contribution in [3.8, 4) is 11.4 Å². The maximum Gasteiger partial charge on any atom is 0.139 e. The van der Waals surface area contributed by atoms with Crippen LogP contribution in [-0.2, 0) is 0 Å². The Kier molecular flexibility index (Phi) is 3.51. The first kappa shape index (κ1) is 11.9. The number of halogens is 3. The number of H-pyrrole nitrogens is 1. The molecule has 82 valence electrons. The monoisotopic (exact) mass is 362 g/mol. The third-order valence-corrected chi connectivity index (χ3v) is 3.82. The summed E-state index contributed by atoms with van der Waals surface area (Å²) >= 11 is 11.7. The van der Waals surface area contributed by atoms with E-state index in [1.165, 1.54) is 12.1 Å². The Morgan fingerprint density at radius 3 is 2.69 bits per heavy atom. The average molecular weight is 364 g/mol. The minimum atomic E-state index is -0.317. The van der Waals surface area contributed by atoms with E-state index in [1.54, 1.807) is 12.3 Å². The van der Waals surface area contributed by atoms with Gasteiger partial charge in [-0.05, 0) is 34.1 Å². The van der Waals surface area contributed by atoms with Crippen molar-refractivity contribution in [1.82, 2.24) is 9.97 Å². The van der Waals surface area contributed by atoms with E-state index in [4.69, 9.17) is 12.2 Å². The molecule has 2 rings (SSSR count).